The molecule has 1 aliphatic rings. The Labute approximate surface area is 125 Å². The number of nitrogens with zero attached hydrogens (tertiary/aromatic N) is 1. The van der Waals surface area contributed by atoms with Crippen LogP contribution in [-0.2, 0) is 0 Å². The SMILES string of the molecule is COc1ccc(C(=O)N(C)[C@@H]2CCCC[C@H]2O)cc1OC. The topological polar surface area (TPSA) is 59.0 Å². The molecule has 2 atom stereocenters. The number of amides is 1. The van der Waals surface area contributed by atoms with E-state index in [1.165, 1.54) is 0 Å². The number of aliphatic hydroxyl groups excluding tert-OH is 1. The second kappa shape index (κ2) is 6.80. The summed E-state index contributed by atoms with van der Waals surface area (Å²) >= 11 is 0. The summed E-state index contributed by atoms with van der Waals surface area (Å²) in [4.78, 5) is 14.2. The third-order valence-electron chi connectivity index (χ3n) is 4.14. The lowest BCUT2D eigenvalue weighted by Crippen LogP contribution is -2.46. The molecule has 0 aliphatic heterocycles. The van der Waals surface area contributed by atoms with E-state index in [1.54, 1.807) is 44.4 Å². The molecule has 21 heavy (non-hydrogen) atoms. The monoisotopic (exact) mass is 293 g/mol. The average molecular weight is 293 g/mol. The molecule has 1 aromatic carbocycles. The Balaban J connectivity index is 2.18. The average Bonchev–Trinajstić information content (AvgIpc) is 2.53. The van der Waals surface area contributed by atoms with E-state index in [0.29, 0.717) is 17.1 Å². The van der Waals surface area contributed by atoms with Crippen molar-refractivity contribution in [1.82, 2.24) is 4.90 Å². The van der Waals surface area contributed by atoms with E-state index in [1.807, 2.05) is 0 Å². The van der Waals surface area contributed by atoms with Crippen LogP contribution in [0, 0.1) is 0 Å². The Kier molecular flexibility index (Phi) is 5.07. The number of hydrogen-bond acceptors (Lipinski definition) is 4. The quantitative estimate of drug-likeness (QED) is 0.923. The van der Waals surface area contributed by atoms with Gasteiger partial charge in [-0.15, -0.1) is 0 Å². The minimum atomic E-state index is -0.437. The van der Waals surface area contributed by atoms with Gasteiger partial charge in [-0.25, -0.2) is 0 Å². The van der Waals surface area contributed by atoms with Gasteiger partial charge in [-0.1, -0.05) is 12.8 Å². The molecule has 0 radical (unpaired) electrons. The third-order valence-corrected chi connectivity index (χ3v) is 4.14. The van der Waals surface area contributed by atoms with Crippen molar-refractivity contribution in [2.45, 2.75) is 37.8 Å². The highest BCUT2D eigenvalue weighted by molar-refractivity contribution is 5.95. The molecule has 1 aromatic rings. The first-order chi connectivity index (χ1) is 10.1. The van der Waals surface area contributed by atoms with Crippen LogP contribution in [0.4, 0.5) is 0 Å². The summed E-state index contributed by atoms with van der Waals surface area (Å²) in [6.45, 7) is 0. The first-order valence-electron chi connectivity index (χ1n) is 7.25. The standard InChI is InChI=1S/C16H23NO4/c1-17(12-6-4-5-7-13(12)18)16(19)11-8-9-14(20-2)15(10-11)21-3/h8-10,12-13,18H,4-7H2,1-3H3/t12-,13-/m1/s1. The zero-order valence-electron chi connectivity index (χ0n) is 12.8. The summed E-state index contributed by atoms with van der Waals surface area (Å²) < 4.78 is 10.4. The third kappa shape index (κ3) is 3.29. The van der Waals surface area contributed by atoms with Crippen LogP contribution in [0.3, 0.4) is 0 Å². The molecule has 1 amide bonds. The van der Waals surface area contributed by atoms with Gasteiger partial charge in [0.15, 0.2) is 11.5 Å². The van der Waals surface area contributed by atoms with E-state index in [9.17, 15) is 9.90 Å². The van der Waals surface area contributed by atoms with E-state index in [-0.39, 0.29) is 11.9 Å². The zero-order chi connectivity index (χ0) is 15.4. The van der Waals surface area contributed by atoms with E-state index in [0.717, 1.165) is 25.7 Å². The molecule has 0 aromatic heterocycles. The molecular formula is C16H23NO4. The second-order valence-electron chi connectivity index (χ2n) is 5.40. The number of carbonyl (C=O) groups is 1. The smallest absolute Gasteiger partial charge is 0.254 e. The summed E-state index contributed by atoms with van der Waals surface area (Å²) in [5, 5.41) is 10.1. The van der Waals surface area contributed by atoms with Crippen molar-refractivity contribution in [2.24, 2.45) is 0 Å². The summed E-state index contributed by atoms with van der Waals surface area (Å²) in [7, 11) is 4.85. The fraction of sp³-hybridized carbons (Fsp3) is 0.562. The Bertz CT molecular complexity index is 503. The molecule has 0 heterocycles. The van der Waals surface area contributed by atoms with Crippen molar-refractivity contribution in [3.8, 4) is 11.5 Å². The highest BCUT2D eigenvalue weighted by Gasteiger charge is 2.30. The molecule has 1 saturated carbocycles. The van der Waals surface area contributed by atoms with Gasteiger partial charge in [-0.3, -0.25) is 4.79 Å². The van der Waals surface area contributed by atoms with Gasteiger partial charge in [0.1, 0.15) is 0 Å². The first kappa shape index (κ1) is 15.6. The summed E-state index contributed by atoms with van der Waals surface area (Å²) in [5.74, 6) is 1.01. The van der Waals surface area contributed by atoms with Crippen molar-refractivity contribution >= 4 is 5.91 Å². The number of likely N-dealkylation sites (N-methyl/N-ethyl adjacent to an activating group) is 1. The van der Waals surface area contributed by atoms with E-state index in [4.69, 9.17) is 9.47 Å². The number of hydrogen-bond donors (Lipinski definition) is 1. The minimum absolute atomic E-state index is 0.109. The zero-order valence-corrected chi connectivity index (χ0v) is 12.8. The van der Waals surface area contributed by atoms with E-state index in [2.05, 4.69) is 0 Å². The Morgan fingerprint density at radius 1 is 1.19 bits per heavy atom. The van der Waals surface area contributed by atoms with Gasteiger partial charge >= 0.3 is 0 Å². The van der Waals surface area contributed by atoms with Crippen LogP contribution in [0.25, 0.3) is 0 Å². The Morgan fingerprint density at radius 2 is 1.86 bits per heavy atom. The molecular weight excluding hydrogens is 270 g/mol. The van der Waals surface area contributed by atoms with Crippen molar-refractivity contribution in [3.63, 3.8) is 0 Å². The summed E-state index contributed by atoms with van der Waals surface area (Å²) in [6.07, 6.45) is 3.24. The van der Waals surface area contributed by atoms with E-state index < -0.39 is 6.10 Å². The van der Waals surface area contributed by atoms with Crippen molar-refractivity contribution in [1.29, 1.82) is 0 Å². The van der Waals surface area contributed by atoms with Crippen LogP contribution in [0.5, 0.6) is 11.5 Å². The van der Waals surface area contributed by atoms with Crippen LogP contribution >= 0.6 is 0 Å². The maximum Gasteiger partial charge on any atom is 0.254 e. The van der Waals surface area contributed by atoms with Gasteiger partial charge in [-0.2, -0.15) is 0 Å². The number of aliphatic hydroxyl groups is 1. The molecule has 5 heteroatoms. The van der Waals surface area contributed by atoms with Gasteiger partial charge in [0.25, 0.3) is 5.91 Å². The van der Waals surface area contributed by atoms with Crippen LogP contribution < -0.4 is 9.47 Å². The van der Waals surface area contributed by atoms with Crippen molar-refractivity contribution in [3.05, 3.63) is 23.8 Å². The predicted octanol–water partition coefficient (Wildman–Crippen LogP) is 2.08. The van der Waals surface area contributed by atoms with Gasteiger partial charge in [0, 0.05) is 12.6 Å². The van der Waals surface area contributed by atoms with Crippen LogP contribution in [-0.4, -0.2) is 49.3 Å². The number of methoxy groups -OCH3 is 2. The molecule has 0 bridgehead atoms. The predicted molar refractivity (Wildman–Crippen MR) is 79.9 cm³/mol. The molecule has 0 saturated heterocycles. The lowest BCUT2D eigenvalue weighted by Gasteiger charge is -2.35. The molecule has 1 aliphatic carbocycles. The van der Waals surface area contributed by atoms with Gasteiger partial charge < -0.3 is 19.5 Å². The number of carbonyl (C=O) groups excluding carboxylic acids is 1. The van der Waals surface area contributed by atoms with Crippen LogP contribution in [0.2, 0.25) is 0 Å². The first-order valence-corrected chi connectivity index (χ1v) is 7.25. The maximum atomic E-state index is 12.6. The second-order valence-corrected chi connectivity index (χ2v) is 5.40. The number of benzene rings is 1. The van der Waals surface area contributed by atoms with Crippen LogP contribution in [0.1, 0.15) is 36.0 Å². The number of rotatable bonds is 4. The Morgan fingerprint density at radius 3 is 2.48 bits per heavy atom. The lowest BCUT2D eigenvalue weighted by molar-refractivity contribution is 0.0268. The highest BCUT2D eigenvalue weighted by Crippen LogP contribution is 2.29. The Hall–Kier alpha value is -1.75. The normalized spacial score (nSPS) is 21.7. The number of ether oxygens (including phenoxy) is 2. The summed E-state index contributed by atoms with van der Waals surface area (Å²) in [6, 6.07) is 5.00. The van der Waals surface area contributed by atoms with E-state index >= 15 is 0 Å². The van der Waals surface area contributed by atoms with Gasteiger partial charge in [-0.05, 0) is 31.0 Å². The molecule has 1 fully saturated rings. The molecule has 1 N–H and O–H groups in total. The van der Waals surface area contributed by atoms with Gasteiger partial charge in [0.05, 0.1) is 26.4 Å². The minimum Gasteiger partial charge on any atom is -0.493 e. The fourth-order valence-electron chi connectivity index (χ4n) is 2.87. The largest absolute Gasteiger partial charge is 0.493 e. The van der Waals surface area contributed by atoms with Crippen molar-refractivity contribution in [2.75, 3.05) is 21.3 Å². The summed E-state index contributed by atoms with van der Waals surface area (Å²) in [5.41, 5.74) is 0.535. The van der Waals surface area contributed by atoms with Crippen molar-refractivity contribution < 1.29 is 19.4 Å². The fourth-order valence-corrected chi connectivity index (χ4v) is 2.87. The van der Waals surface area contributed by atoms with Crippen LogP contribution in [0.15, 0.2) is 18.2 Å². The highest BCUT2D eigenvalue weighted by atomic mass is 16.5. The molecule has 0 spiro atoms. The molecule has 116 valence electrons. The molecule has 5 nitrogen and oxygen atoms in total. The molecule has 0 unspecified atom stereocenters. The lowest BCUT2D eigenvalue weighted by atomic mass is 9.91. The van der Waals surface area contributed by atoms with Gasteiger partial charge in [0.2, 0.25) is 0 Å². The molecule has 2 rings (SSSR count). The maximum absolute atomic E-state index is 12.6.